The zero-order valence-electron chi connectivity index (χ0n) is 48.6. The van der Waals surface area contributed by atoms with Gasteiger partial charge in [0.2, 0.25) is 0 Å². The molecule has 2 aliphatic rings. The van der Waals surface area contributed by atoms with Gasteiger partial charge >= 0.3 is 0 Å². The summed E-state index contributed by atoms with van der Waals surface area (Å²) in [7, 11) is 0. The molecule has 4 heterocycles. The third-order valence-electron chi connectivity index (χ3n) is 18.6. The molecule has 0 spiro atoms. The van der Waals surface area contributed by atoms with Crippen molar-refractivity contribution in [3.05, 3.63) is 334 Å². The van der Waals surface area contributed by atoms with E-state index in [-0.39, 0.29) is 6.71 Å². The number of para-hydroxylation sites is 4. The summed E-state index contributed by atoms with van der Waals surface area (Å²) in [6.07, 6.45) is 0. The van der Waals surface area contributed by atoms with Crippen LogP contribution in [0.3, 0.4) is 0 Å². The predicted molar refractivity (Wildman–Crippen MR) is 376 cm³/mol. The third kappa shape index (κ3) is 8.02. The number of rotatable bonds is 9. The first-order chi connectivity index (χ1) is 44.2. The lowest BCUT2D eigenvalue weighted by Gasteiger charge is -2.45. The molecule has 414 valence electrons. The normalized spacial score (nSPS) is 12.4. The lowest BCUT2D eigenvalue weighted by atomic mass is 9.33. The maximum absolute atomic E-state index is 2.65. The quantitative estimate of drug-likeness (QED) is 0.134. The van der Waals surface area contributed by atoms with Gasteiger partial charge in [0.05, 0.1) is 39.1 Å². The first-order valence-corrected chi connectivity index (χ1v) is 30.8. The van der Waals surface area contributed by atoms with Crippen molar-refractivity contribution in [1.29, 1.82) is 0 Å². The highest BCUT2D eigenvalue weighted by molar-refractivity contribution is 7.00. The van der Waals surface area contributed by atoms with E-state index < -0.39 is 0 Å². The Labute approximate surface area is 517 Å². The van der Waals surface area contributed by atoms with E-state index in [0.717, 1.165) is 101 Å². The van der Waals surface area contributed by atoms with E-state index in [2.05, 4.69) is 353 Å². The van der Waals surface area contributed by atoms with Crippen molar-refractivity contribution in [2.45, 2.75) is 0 Å². The zero-order chi connectivity index (χ0) is 58.5. The minimum absolute atomic E-state index is 0.188. The second-order valence-corrected chi connectivity index (χ2v) is 23.5. The van der Waals surface area contributed by atoms with Crippen molar-refractivity contribution in [3.8, 4) is 67.0 Å². The van der Waals surface area contributed by atoms with Crippen LogP contribution in [0.15, 0.2) is 334 Å². The lowest BCUT2D eigenvalue weighted by molar-refractivity contribution is 1.16. The van der Waals surface area contributed by atoms with E-state index in [9.17, 15) is 0 Å². The van der Waals surface area contributed by atoms with Crippen molar-refractivity contribution in [3.63, 3.8) is 0 Å². The van der Waals surface area contributed by atoms with E-state index in [4.69, 9.17) is 0 Å². The maximum Gasteiger partial charge on any atom is 0.252 e. The molecule has 89 heavy (non-hydrogen) atoms. The van der Waals surface area contributed by atoms with E-state index >= 15 is 0 Å². The molecule has 0 saturated heterocycles. The Morgan fingerprint density at radius 3 is 1.18 bits per heavy atom. The first-order valence-electron chi connectivity index (χ1n) is 30.8. The highest BCUT2D eigenvalue weighted by atomic mass is 15.2. The monoisotopic (exact) mass is 1130 g/mol. The lowest BCUT2D eigenvalue weighted by Crippen LogP contribution is -2.61. The van der Waals surface area contributed by atoms with Crippen molar-refractivity contribution in [2.75, 3.05) is 9.80 Å². The summed E-state index contributed by atoms with van der Waals surface area (Å²) >= 11 is 0. The van der Waals surface area contributed by atoms with Crippen molar-refractivity contribution >= 4 is 101 Å². The van der Waals surface area contributed by atoms with Crippen LogP contribution in [0.1, 0.15) is 0 Å². The van der Waals surface area contributed by atoms with Crippen LogP contribution >= 0.6 is 0 Å². The number of hydrogen-bond donors (Lipinski definition) is 0. The SMILES string of the molecule is c1ccc(-c2cccc(N3c4cc(-c5ccccc5)ccc4B4c5ccc6c(c5N(c5cccc(-c7ccccc7)c5)c5cc(-n7c8ccccc8c8ccccc87)cc3c54)c3ccccc3n6-c3c(-c4ccccc4)cccc3-c3ccccc3)c2)cc1. The van der Waals surface area contributed by atoms with Crippen LogP contribution in [0.4, 0.5) is 34.1 Å². The van der Waals surface area contributed by atoms with Crippen LogP contribution in [0.2, 0.25) is 0 Å². The topological polar surface area (TPSA) is 16.3 Å². The predicted octanol–water partition coefficient (Wildman–Crippen LogP) is 20.3. The number of fused-ring (bicyclic) bond motifs is 11. The fraction of sp³-hybridized carbons (Fsp3) is 0. The molecule has 18 rings (SSSR count). The van der Waals surface area contributed by atoms with Gasteiger partial charge in [0, 0.05) is 61.1 Å². The Hall–Kier alpha value is -11.7. The standard InChI is InChI=1S/C84H55BN4/c1-6-25-56(26-7-1)61-35-22-37-64(51-61)86-78-53-63(58-29-10-3-11-30-58)47-48-72(78)85-73-49-50-77-81(71-41-18-21-46-76(71)89(77)83-67(59-31-12-4-13-32-59)42-24-43-68(83)60-33-14-5-15-34-60)84(73)88(65-38-23-36-62(52-65)57-27-8-2-9-28-57)80-55-66(54-79(86)82(80)85)87-74-44-19-16-39-69(74)70-40-17-20-45-75(70)87/h1-55H. The Balaban J connectivity index is 1.01. The second-order valence-electron chi connectivity index (χ2n) is 23.5. The average Bonchev–Trinajstić information content (AvgIpc) is 1.68. The van der Waals surface area contributed by atoms with Crippen LogP contribution in [0, 0.1) is 0 Å². The molecule has 0 N–H and O–H groups in total. The van der Waals surface area contributed by atoms with Crippen molar-refractivity contribution < 1.29 is 0 Å². The molecule has 0 fully saturated rings. The molecule has 14 aromatic carbocycles. The summed E-state index contributed by atoms with van der Waals surface area (Å²) in [5.74, 6) is 0. The minimum Gasteiger partial charge on any atom is -0.311 e. The van der Waals surface area contributed by atoms with Gasteiger partial charge in [-0.3, -0.25) is 0 Å². The molecule has 2 aromatic heterocycles. The molecule has 16 aromatic rings. The third-order valence-corrected chi connectivity index (χ3v) is 18.6. The molecular weight excluding hydrogens is 1080 g/mol. The van der Waals surface area contributed by atoms with Crippen molar-refractivity contribution in [1.82, 2.24) is 9.13 Å². The average molecular weight is 1130 g/mol. The van der Waals surface area contributed by atoms with Crippen LogP contribution in [0.25, 0.3) is 111 Å². The summed E-state index contributed by atoms with van der Waals surface area (Å²) < 4.78 is 5.09. The number of anilines is 6. The van der Waals surface area contributed by atoms with Gasteiger partial charge in [-0.05, 0) is 128 Å². The smallest absolute Gasteiger partial charge is 0.252 e. The number of aromatic nitrogens is 2. The van der Waals surface area contributed by atoms with Crippen LogP contribution < -0.4 is 26.2 Å². The van der Waals surface area contributed by atoms with Gasteiger partial charge in [0.25, 0.3) is 6.71 Å². The Morgan fingerprint density at radius 1 is 0.225 bits per heavy atom. The minimum atomic E-state index is -0.188. The van der Waals surface area contributed by atoms with Crippen LogP contribution in [0.5, 0.6) is 0 Å². The molecule has 2 aliphatic heterocycles. The van der Waals surface area contributed by atoms with Crippen LogP contribution in [-0.4, -0.2) is 15.8 Å². The summed E-state index contributed by atoms with van der Waals surface area (Å²) in [4.78, 5) is 5.23. The van der Waals surface area contributed by atoms with Gasteiger partial charge in [0.1, 0.15) is 0 Å². The molecule has 0 bridgehead atoms. The van der Waals surface area contributed by atoms with Crippen LogP contribution in [-0.2, 0) is 0 Å². The van der Waals surface area contributed by atoms with Gasteiger partial charge < -0.3 is 18.9 Å². The van der Waals surface area contributed by atoms with Gasteiger partial charge in [0.15, 0.2) is 0 Å². The maximum atomic E-state index is 2.65. The first kappa shape index (κ1) is 50.6. The molecule has 0 radical (unpaired) electrons. The van der Waals surface area contributed by atoms with Gasteiger partial charge in [-0.25, -0.2) is 0 Å². The highest BCUT2D eigenvalue weighted by Gasteiger charge is 2.45. The number of hydrogen-bond acceptors (Lipinski definition) is 2. The van der Waals surface area contributed by atoms with E-state index in [1.807, 2.05) is 0 Å². The number of nitrogens with zero attached hydrogens (tertiary/aromatic N) is 4. The van der Waals surface area contributed by atoms with E-state index in [1.165, 1.54) is 60.3 Å². The Bertz CT molecular complexity index is 5330. The fourth-order valence-corrected chi connectivity index (χ4v) is 14.8. The summed E-state index contributed by atoms with van der Waals surface area (Å²) in [6.45, 7) is -0.188. The summed E-state index contributed by atoms with van der Waals surface area (Å²) in [6, 6.07) is 124. The molecular formula is C84H55BN4. The molecule has 5 heteroatoms. The second kappa shape index (κ2) is 20.5. The van der Waals surface area contributed by atoms with E-state index in [0.29, 0.717) is 0 Å². The summed E-state index contributed by atoms with van der Waals surface area (Å²) in [5, 5.41) is 4.81. The van der Waals surface area contributed by atoms with Gasteiger partial charge in [-0.2, -0.15) is 0 Å². The summed E-state index contributed by atoms with van der Waals surface area (Å²) in [5.41, 5.74) is 28.9. The molecule has 0 unspecified atom stereocenters. The largest absolute Gasteiger partial charge is 0.311 e. The molecule has 0 atom stereocenters. The Morgan fingerprint density at radius 2 is 0.640 bits per heavy atom. The van der Waals surface area contributed by atoms with Crippen molar-refractivity contribution in [2.24, 2.45) is 0 Å². The van der Waals surface area contributed by atoms with Gasteiger partial charge in [-0.15, -0.1) is 0 Å². The zero-order valence-corrected chi connectivity index (χ0v) is 48.6. The fourth-order valence-electron chi connectivity index (χ4n) is 14.8. The highest BCUT2D eigenvalue weighted by Crippen LogP contribution is 2.52. The molecule has 0 amide bonds. The Kier molecular flexibility index (Phi) is 11.7. The molecule has 4 nitrogen and oxygen atoms in total. The van der Waals surface area contributed by atoms with E-state index in [1.54, 1.807) is 0 Å². The molecule has 0 aliphatic carbocycles. The van der Waals surface area contributed by atoms with Gasteiger partial charge in [-0.1, -0.05) is 267 Å². The number of benzene rings is 14. The molecule has 0 saturated carbocycles.